The Morgan fingerprint density at radius 2 is 2.05 bits per heavy atom. The molecular weight excluding hydrogens is 240 g/mol. The van der Waals surface area contributed by atoms with Crippen molar-refractivity contribution in [3.05, 3.63) is 23.5 Å². The van der Waals surface area contributed by atoms with E-state index >= 15 is 0 Å². The fraction of sp³-hybridized carbons (Fsp3) is 0.600. The van der Waals surface area contributed by atoms with Crippen molar-refractivity contribution in [3.63, 3.8) is 0 Å². The van der Waals surface area contributed by atoms with Crippen LogP contribution in [0.2, 0.25) is 0 Å². The van der Waals surface area contributed by atoms with Crippen LogP contribution in [0.4, 0.5) is 0 Å². The molecule has 0 aromatic carbocycles. The molecule has 0 aliphatic carbocycles. The minimum absolute atomic E-state index is 0.0657. The summed E-state index contributed by atoms with van der Waals surface area (Å²) >= 11 is 0. The number of pyridine rings is 1. The van der Waals surface area contributed by atoms with Crippen molar-refractivity contribution in [1.82, 2.24) is 10.3 Å². The quantitative estimate of drug-likeness (QED) is 0.880. The van der Waals surface area contributed by atoms with E-state index in [4.69, 9.17) is 0 Å². The number of rotatable bonds is 4. The molecule has 1 amide bonds. The molecule has 0 spiro atoms. The van der Waals surface area contributed by atoms with Gasteiger partial charge >= 0.3 is 0 Å². The van der Waals surface area contributed by atoms with Crippen molar-refractivity contribution in [2.24, 2.45) is 0 Å². The molecule has 108 valence electrons. The van der Waals surface area contributed by atoms with E-state index in [9.17, 15) is 9.90 Å². The molecule has 1 aromatic heterocycles. The Bertz CT molecular complexity index is 392. The van der Waals surface area contributed by atoms with Gasteiger partial charge in [-0.25, -0.2) is 0 Å². The maximum absolute atomic E-state index is 10.4. The Kier molecular flexibility index (Phi) is 8.58. The van der Waals surface area contributed by atoms with Crippen LogP contribution in [0.1, 0.15) is 51.9 Å². The van der Waals surface area contributed by atoms with Crippen LogP contribution in [0, 0.1) is 6.92 Å². The molecule has 4 heteroatoms. The molecule has 0 bridgehead atoms. The molecule has 0 unspecified atom stereocenters. The minimum atomic E-state index is 0.0657. The molecule has 1 rings (SSSR count). The lowest BCUT2D eigenvalue weighted by Gasteiger charge is -2.09. The molecule has 0 aliphatic rings. The van der Waals surface area contributed by atoms with Gasteiger partial charge in [0, 0.05) is 18.7 Å². The molecule has 0 saturated carbocycles. The predicted molar refractivity (Wildman–Crippen MR) is 78.2 cm³/mol. The van der Waals surface area contributed by atoms with Crippen LogP contribution in [-0.2, 0) is 11.2 Å². The average Bonchev–Trinajstić information content (AvgIpc) is 2.32. The van der Waals surface area contributed by atoms with Crippen LogP contribution >= 0.6 is 0 Å². The van der Waals surface area contributed by atoms with E-state index in [1.165, 1.54) is 0 Å². The number of hydrogen-bond donors (Lipinski definition) is 2. The normalized spacial score (nSPS) is 11.2. The first-order valence-electron chi connectivity index (χ1n) is 6.83. The first kappa shape index (κ1) is 17.4. The minimum Gasteiger partial charge on any atom is -0.506 e. The lowest BCUT2D eigenvalue weighted by molar-refractivity contribution is -0.119. The Morgan fingerprint density at radius 3 is 2.47 bits per heavy atom. The molecule has 19 heavy (non-hydrogen) atoms. The summed E-state index contributed by atoms with van der Waals surface area (Å²) in [5.41, 5.74) is 1.73. The second-order valence-electron chi connectivity index (χ2n) is 4.66. The molecule has 0 saturated heterocycles. The summed E-state index contributed by atoms with van der Waals surface area (Å²) in [6.45, 7) is 9.56. The van der Waals surface area contributed by atoms with Crippen LogP contribution in [0.3, 0.4) is 0 Å². The second kappa shape index (κ2) is 9.36. The first-order valence-corrected chi connectivity index (χ1v) is 6.83. The molecule has 2 N–H and O–H groups in total. The maximum atomic E-state index is 10.4. The predicted octanol–water partition coefficient (Wildman–Crippen LogP) is 2.97. The van der Waals surface area contributed by atoms with Crippen LogP contribution in [-0.4, -0.2) is 22.0 Å². The zero-order valence-electron chi connectivity index (χ0n) is 12.7. The summed E-state index contributed by atoms with van der Waals surface area (Å²) in [5, 5.41) is 12.0. The van der Waals surface area contributed by atoms with E-state index in [2.05, 4.69) is 17.2 Å². The summed E-state index contributed by atoms with van der Waals surface area (Å²) in [6, 6.07) is 3.82. The van der Waals surface area contributed by atoms with Crippen LogP contribution in [0.5, 0.6) is 5.75 Å². The summed E-state index contributed by atoms with van der Waals surface area (Å²) in [4.78, 5) is 14.6. The Labute approximate surface area is 116 Å². The number of hydrogen-bond acceptors (Lipinski definition) is 3. The zero-order chi connectivity index (χ0) is 14.8. The van der Waals surface area contributed by atoms with Gasteiger partial charge in [0.25, 0.3) is 0 Å². The van der Waals surface area contributed by atoms with E-state index in [0.29, 0.717) is 11.8 Å². The maximum Gasteiger partial charge on any atom is 0.217 e. The lowest BCUT2D eigenvalue weighted by atomic mass is 10.2. The largest absolute Gasteiger partial charge is 0.506 e. The molecule has 1 atom stereocenters. The fourth-order valence-corrected chi connectivity index (χ4v) is 1.72. The first-order chi connectivity index (χ1) is 8.90. The molecule has 0 fully saturated rings. The van der Waals surface area contributed by atoms with E-state index < -0.39 is 0 Å². The number of amides is 1. The topological polar surface area (TPSA) is 62.2 Å². The van der Waals surface area contributed by atoms with Gasteiger partial charge < -0.3 is 10.4 Å². The summed E-state index contributed by atoms with van der Waals surface area (Å²) in [7, 11) is 0. The monoisotopic (exact) mass is 266 g/mol. The van der Waals surface area contributed by atoms with E-state index in [1.807, 2.05) is 20.8 Å². The number of aromatic nitrogens is 1. The SMILES string of the molecule is CCC[C@H](C)NC(C)=O.CCc1nc(C)ccc1O. The van der Waals surface area contributed by atoms with Gasteiger partial charge in [0.05, 0.1) is 5.69 Å². The van der Waals surface area contributed by atoms with Crippen molar-refractivity contribution in [3.8, 4) is 5.75 Å². The van der Waals surface area contributed by atoms with Gasteiger partial charge in [0.15, 0.2) is 0 Å². The van der Waals surface area contributed by atoms with E-state index in [0.717, 1.165) is 30.7 Å². The Morgan fingerprint density at radius 1 is 1.42 bits per heavy atom. The van der Waals surface area contributed by atoms with Gasteiger partial charge in [-0.3, -0.25) is 9.78 Å². The highest BCUT2D eigenvalue weighted by molar-refractivity contribution is 5.73. The zero-order valence-corrected chi connectivity index (χ0v) is 12.7. The highest BCUT2D eigenvalue weighted by atomic mass is 16.3. The molecule has 4 nitrogen and oxygen atoms in total. The summed E-state index contributed by atoms with van der Waals surface area (Å²) < 4.78 is 0. The van der Waals surface area contributed by atoms with Gasteiger partial charge in [-0.2, -0.15) is 0 Å². The number of nitrogens with one attached hydrogen (secondary N) is 1. The van der Waals surface area contributed by atoms with E-state index in [1.54, 1.807) is 19.1 Å². The smallest absolute Gasteiger partial charge is 0.217 e. The number of nitrogens with zero attached hydrogens (tertiary/aromatic N) is 1. The van der Waals surface area contributed by atoms with Crippen LogP contribution in [0.15, 0.2) is 12.1 Å². The van der Waals surface area contributed by atoms with E-state index in [-0.39, 0.29) is 5.91 Å². The third-order valence-electron chi connectivity index (χ3n) is 2.60. The molecule has 1 aromatic rings. The van der Waals surface area contributed by atoms with Crippen molar-refractivity contribution in [2.45, 2.75) is 59.9 Å². The fourth-order valence-electron chi connectivity index (χ4n) is 1.72. The van der Waals surface area contributed by atoms with Crippen molar-refractivity contribution in [1.29, 1.82) is 0 Å². The van der Waals surface area contributed by atoms with Gasteiger partial charge in [-0.15, -0.1) is 0 Å². The summed E-state index contributed by atoms with van der Waals surface area (Å²) in [5.74, 6) is 0.365. The molecule has 0 aliphatic heterocycles. The number of aryl methyl sites for hydroxylation is 2. The molecular formula is C15H26N2O2. The molecule has 1 heterocycles. The van der Waals surface area contributed by atoms with Crippen molar-refractivity contribution < 1.29 is 9.90 Å². The summed E-state index contributed by atoms with van der Waals surface area (Å²) in [6.07, 6.45) is 2.98. The second-order valence-corrected chi connectivity index (χ2v) is 4.66. The third kappa shape index (κ3) is 8.19. The van der Waals surface area contributed by atoms with Crippen LogP contribution in [0.25, 0.3) is 0 Å². The van der Waals surface area contributed by atoms with Crippen LogP contribution < -0.4 is 5.32 Å². The highest BCUT2D eigenvalue weighted by Crippen LogP contribution is 2.14. The Hall–Kier alpha value is -1.58. The molecule has 0 radical (unpaired) electrons. The van der Waals surface area contributed by atoms with Gasteiger partial charge in [0.2, 0.25) is 5.91 Å². The van der Waals surface area contributed by atoms with Gasteiger partial charge in [-0.05, 0) is 38.8 Å². The standard InChI is InChI=1S/C8H11NO.C7H15NO/c1-3-7-8(10)5-4-6(2)9-7;1-4-5-6(2)8-7(3)9/h4-5,10H,3H2,1-2H3;6H,4-5H2,1-3H3,(H,8,9)/t;6-/m.0/s1. The van der Waals surface area contributed by atoms with Crippen molar-refractivity contribution in [2.75, 3.05) is 0 Å². The lowest BCUT2D eigenvalue weighted by Crippen LogP contribution is -2.29. The highest BCUT2D eigenvalue weighted by Gasteiger charge is 1.99. The van der Waals surface area contributed by atoms with Gasteiger partial charge in [0.1, 0.15) is 5.75 Å². The number of aromatic hydroxyl groups is 1. The average molecular weight is 266 g/mol. The van der Waals surface area contributed by atoms with Gasteiger partial charge in [-0.1, -0.05) is 20.3 Å². The number of carbonyl (C=O) groups is 1. The third-order valence-corrected chi connectivity index (χ3v) is 2.60. The van der Waals surface area contributed by atoms with Crippen molar-refractivity contribution >= 4 is 5.91 Å². The Balaban J connectivity index is 0.000000344. The number of carbonyl (C=O) groups excluding carboxylic acids is 1.